The summed E-state index contributed by atoms with van der Waals surface area (Å²) in [6.07, 6.45) is 1.94. The van der Waals surface area contributed by atoms with Crippen molar-refractivity contribution in [3.63, 3.8) is 0 Å². The first-order chi connectivity index (χ1) is 11.6. The van der Waals surface area contributed by atoms with Crippen molar-refractivity contribution < 1.29 is 23.8 Å². The molecule has 1 aliphatic rings. The maximum absolute atomic E-state index is 12.4. The summed E-state index contributed by atoms with van der Waals surface area (Å²) in [6, 6.07) is 12.0. The summed E-state index contributed by atoms with van der Waals surface area (Å²) in [7, 11) is 1.59. The topological polar surface area (TPSA) is 61.8 Å². The van der Waals surface area contributed by atoms with Crippen molar-refractivity contribution in [2.75, 3.05) is 7.11 Å². The third-order valence-corrected chi connectivity index (χ3v) is 3.58. The molecule has 0 aliphatic carbocycles. The number of ether oxygens (including phenoxy) is 3. The largest absolute Gasteiger partial charge is 0.497 e. The van der Waals surface area contributed by atoms with Gasteiger partial charge in [-0.3, -0.25) is 9.59 Å². The van der Waals surface area contributed by atoms with E-state index in [0.29, 0.717) is 17.1 Å². The Bertz CT molecular complexity index is 818. The van der Waals surface area contributed by atoms with Crippen LogP contribution in [0.4, 0.5) is 0 Å². The molecule has 2 aromatic carbocycles. The van der Waals surface area contributed by atoms with Gasteiger partial charge >= 0.3 is 5.97 Å². The maximum Gasteiger partial charge on any atom is 0.310 e. The molecule has 0 fully saturated rings. The van der Waals surface area contributed by atoms with Crippen LogP contribution < -0.4 is 14.2 Å². The molecule has 2 aromatic rings. The highest BCUT2D eigenvalue weighted by Crippen LogP contribution is 2.35. The maximum atomic E-state index is 12.4. The molecule has 0 unspecified atom stereocenters. The Morgan fingerprint density at radius 2 is 1.83 bits per heavy atom. The molecule has 0 amide bonds. The number of methoxy groups -OCH3 is 1. The number of rotatable bonds is 4. The second-order valence-electron chi connectivity index (χ2n) is 5.20. The molecular formula is C19H16O5. The smallest absolute Gasteiger partial charge is 0.310 e. The summed E-state index contributed by atoms with van der Waals surface area (Å²) < 4.78 is 15.9. The van der Waals surface area contributed by atoms with Crippen molar-refractivity contribution in [3.8, 4) is 17.2 Å². The predicted molar refractivity (Wildman–Crippen MR) is 88.3 cm³/mol. The van der Waals surface area contributed by atoms with Crippen molar-refractivity contribution in [1.29, 1.82) is 0 Å². The van der Waals surface area contributed by atoms with Crippen molar-refractivity contribution in [2.45, 2.75) is 13.3 Å². The molecule has 24 heavy (non-hydrogen) atoms. The number of Topliss-reactive ketones (excluding diaryl/α,β-unsaturated/α-hetero) is 1. The van der Waals surface area contributed by atoms with E-state index < -0.39 is 0 Å². The first kappa shape index (κ1) is 15.8. The van der Waals surface area contributed by atoms with Gasteiger partial charge in [0.15, 0.2) is 5.76 Å². The van der Waals surface area contributed by atoms with Crippen molar-refractivity contribution in [3.05, 3.63) is 59.4 Å². The Balaban J connectivity index is 1.84. The van der Waals surface area contributed by atoms with E-state index >= 15 is 0 Å². The van der Waals surface area contributed by atoms with E-state index in [-0.39, 0.29) is 23.9 Å². The SMILES string of the molecule is CCC(=O)Oc1ccc2c(c1)O/C(=C/c1ccc(OC)cc1)C2=O. The average Bonchev–Trinajstić information content (AvgIpc) is 2.90. The number of carbonyl (C=O) groups excluding carboxylic acids is 2. The van der Waals surface area contributed by atoms with Crippen LogP contribution >= 0.6 is 0 Å². The zero-order valence-electron chi connectivity index (χ0n) is 13.4. The summed E-state index contributed by atoms with van der Waals surface area (Å²) >= 11 is 0. The number of allylic oxidation sites excluding steroid dienone is 1. The Labute approximate surface area is 139 Å². The molecule has 0 atom stereocenters. The highest BCUT2D eigenvalue weighted by atomic mass is 16.5. The normalized spacial score (nSPS) is 14.2. The minimum absolute atomic E-state index is 0.200. The van der Waals surface area contributed by atoms with Gasteiger partial charge in [0, 0.05) is 12.5 Å². The van der Waals surface area contributed by atoms with E-state index in [0.717, 1.165) is 11.3 Å². The molecule has 0 bridgehead atoms. The molecule has 0 saturated carbocycles. The molecule has 0 N–H and O–H groups in total. The van der Waals surface area contributed by atoms with Gasteiger partial charge < -0.3 is 14.2 Å². The lowest BCUT2D eigenvalue weighted by Gasteiger charge is -2.04. The van der Waals surface area contributed by atoms with Crippen molar-refractivity contribution >= 4 is 17.8 Å². The summed E-state index contributed by atoms with van der Waals surface area (Å²) in [6.45, 7) is 1.71. The summed E-state index contributed by atoms with van der Waals surface area (Å²) in [5.41, 5.74) is 1.27. The van der Waals surface area contributed by atoms with E-state index in [1.807, 2.05) is 12.1 Å². The van der Waals surface area contributed by atoms with Crippen LogP contribution in [0.25, 0.3) is 6.08 Å². The predicted octanol–water partition coefficient (Wildman–Crippen LogP) is 3.63. The number of ketones is 1. The monoisotopic (exact) mass is 324 g/mol. The van der Waals surface area contributed by atoms with Gasteiger partial charge in [-0.2, -0.15) is 0 Å². The van der Waals surface area contributed by atoms with E-state index in [1.54, 1.807) is 50.4 Å². The Kier molecular flexibility index (Phi) is 4.33. The van der Waals surface area contributed by atoms with Crippen LogP contribution in [0.3, 0.4) is 0 Å². The average molecular weight is 324 g/mol. The van der Waals surface area contributed by atoms with E-state index in [9.17, 15) is 9.59 Å². The number of esters is 1. The van der Waals surface area contributed by atoms with E-state index in [1.165, 1.54) is 0 Å². The van der Waals surface area contributed by atoms with Crippen LogP contribution in [-0.4, -0.2) is 18.9 Å². The minimum atomic E-state index is -0.340. The molecule has 5 heteroatoms. The van der Waals surface area contributed by atoms with E-state index in [2.05, 4.69) is 0 Å². The minimum Gasteiger partial charge on any atom is -0.497 e. The van der Waals surface area contributed by atoms with Gasteiger partial charge in [0.05, 0.1) is 12.7 Å². The van der Waals surface area contributed by atoms with Crippen molar-refractivity contribution in [2.24, 2.45) is 0 Å². The van der Waals surface area contributed by atoms with Gasteiger partial charge in [-0.1, -0.05) is 19.1 Å². The number of hydrogen-bond donors (Lipinski definition) is 0. The van der Waals surface area contributed by atoms with E-state index in [4.69, 9.17) is 14.2 Å². The van der Waals surface area contributed by atoms with Crippen molar-refractivity contribution in [1.82, 2.24) is 0 Å². The number of benzene rings is 2. The zero-order valence-corrected chi connectivity index (χ0v) is 13.4. The molecule has 1 heterocycles. The Morgan fingerprint density at radius 3 is 2.50 bits per heavy atom. The van der Waals surface area contributed by atoms with Gasteiger partial charge in [-0.05, 0) is 35.9 Å². The lowest BCUT2D eigenvalue weighted by atomic mass is 10.1. The van der Waals surface area contributed by atoms with Gasteiger partial charge in [-0.25, -0.2) is 0 Å². The van der Waals surface area contributed by atoms with Gasteiger partial charge in [0.1, 0.15) is 17.2 Å². The number of fused-ring (bicyclic) bond motifs is 1. The highest BCUT2D eigenvalue weighted by molar-refractivity contribution is 6.14. The van der Waals surface area contributed by atoms with Gasteiger partial charge in [0.25, 0.3) is 0 Å². The molecular weight excluding hydrogens is 308 g/mol. The fraction of sp³-hybridized carbons (Fsp3) is 0.158. The van der Waals surface area contributed by atoms with Crippen LogP contribution in [0.15, 0.2) is 48.2 Å². The third kappa shape index (κ3) is 3.15. The van der Waals surface area contributed by atoms with Crippen LogP contribution in [0.5, 0.6) is 17.2 Å². The zero-order chi connectivity index (χ0) is 17.1. The van der Waals surface area contributed by atoms with Gasteiger partial charge in [-0.15, -0.1) is 0 Å². The quantitative estimate of drug-likeness (QED) is 0.488. The molecule has 122 valence electrons. The fourth-order valence-electron chi connectivity index (χ4n) is 2.29. The first-order valence-corrected chi connectivity index (χ1v) is 7.53. The second-order valence-corrected chi connectivity index (χ2v) is 5.20. The standard InChI is InChI=1S/C19H16O5/c1-3-18(20)23-14-8-9-15-16(11-14)24-17(19(15)21)10-12-4-6-13(22-2)7-5-12/h4-11H,3H2,1-2H3/b17-10+. The Hall–Kier alpha value is -3.08. The molecule has 1 aliphatic heterocycles. The molecule has 3 rings (SSSR count). The summed E-state index contributed by atoms with van der Waals surface area (Å²) in [5, 5.41) is 0. The van der Waals surface area contributed by atoms with Crippen LogP contribution in [0, 0.1) is 0 Å². The first-order valence-electron chi connectivity index (χ1n) is 7.53. The van der Waals surface area contributed by atoms with Crippen LogP contribution in [0.2, 0.25) is 0 Å². The lowest BCUT2D eigenvalue weighted by Crippen LogP contribution is -2.05. The molecule has 5 nitrogen and oxygen atoms in total. The fourth-order valence-corrected chi connectivity index (χ4v) is 2.29. The third-order valence-electron chi connectivity index (χ3n) is 3.58. The second kappa shape index (κ2) is 6.58. The summed E-state index contributed by atoms with van der Waals surface area (Å²) in [5.74, 6) is 1.18. The molecule has 0 aromatic heterocycles. The molecule has 0 radical (unpaired) electrons. The summed E-state index contributed by atoms with van der Waals surface area (Å²) in [4.78, 5) is 23.7. The van der Waals surface area contributed by atoms with Gasteiger partial charge in [0.2, 0.25) is 5.78 Å². The van der Waals surface area contributed by atoms with Crippen LogP contribution in [0.1, 0.15) is 29.3 Å². The number of hydrogen-bond acceptors (Lipinski definition) is 5. The highest BCUT2D eigenvalue weighted by Gasteiger charge is 2.27. The number of carbonyl (C=O) groups is 2. The Morgan fingerprint density at radius 1 is 1.12 bits per heavy atom. The molecule has 0 saturated heterocycles. The van der Waals surface area contributed by atoms with Crippen LogP contribution in [-0.2, 0) is 4.79 Å². The molecule has 0 spiro atoms. The lowest BCUT2D eigenvalue weighted by molar-refractivity contribution is -0.134.